The third-order valence-corrected chi connectivity index (χ3v) is 3.95. The molecule has 12 nitrogen and oxygen atoms in total. The molecular weight excluding hydrogens is 380 g/mol. The lowest BCUT2D eigenvalue weighted by molar-refractivity contribution is 0.0949. The second-order valence-electron chi connectivity index (χ2n) is 5.83. The van der Waals surface area contributed by atoms with E-state index in [0.29, 0.717) is 29.2 Å². The first-order valence-corrected chi connectivity index (χ1v) is 8.67. The second kappa shape index (κ2) is 8.82. The lowest BCUT2D eigenvalue weighted by atomic mass is 10.2. The fraction of sp³-hybridized carbons (Fsp3) is 0.294. The molecule has 0 spiro atoms. The summed E-state index contributed by atoms with van der Waals surface area (Å²) >= 11 is 0. The van der Waals surface area contributed by atoms with E-state index >= 15 is 0 Å². The number of nitrogen functional groups attached to an aromatic ring is 1. The fourth-order valence-corrected chi connectivity index (χ4v) is 2.60. The maximum atomic E-state index is 12.5. The van der Waals surface area contributed by atoms with E-state index in [1.54, 1.807) is 25.3 Å². The largest absolute Gasteiger partial charge is 0.493 e. The normalized spacial score (nSPS) is 11.0. The number of anilines is 1. The monoisotopic (exact) mass is 400 g/mol. The van der Waals surface area contributed by atoms with Gasteiger partial charge in [-0.2, -0.15) is 9.78 Å². The van der Waals surface area contributed by atoms with E-state index in [-0.39, 0.29) is 17.3 Å². The SMILES string of the molecule is CCCc1c(C(=O)N/N=C\c2ccc(OC)c(OC)c2)nnn1-c1nonc1N. The highest BCUT2D eigenvalue weighted by atomic mass is 16.6. The molecule has 2 heterocycles. The fourth-order valence-electron chi connectivity index (χ4n) is 2.60. The molecule has 12 heteroatoms. The number of ether oxygens (including phenoxy) is 2. The van der Waals surface area contributed by atoms with Gasteiger partial charge in [0.05, 0.1) is 26.1 Å². The van der Waals surface area contributed by atoms with Crippen molar-refractivity contribution in [1.82, 2.24) is 30.7 Å². The Morgan fingerprint density at radius 2 is 2.10 bits per heavy atom. The van der Waals surface area contributed by atoms with Crippen molar-refractivity contribution in [3.8, 4) is 17.3 Å². The zero-order valence-electron chi connectivity index (χ0n) is 16.1. The Labute approximate surface area is 165 Å². The van der Waals surface area contributed by atoms with E-state index in [4.69, 9.17) is 15.2 Å². The van der Waals surface area contributed by atoms with Crippen molar-refractivity contribution in [2.45, 2.75) is 19.8 Å². The van der Waals surface area contributed by atoms with Crippen molar-refractivity contribution in [3.05, 3.63) is 35.2 Å². The molecule has 0 aliphatic rings. The van der Waals surface area contributed by atoms with Crippen LogP contribution in [0.15, 0.2) is 27.9 Å². The van der Waals surface area contributed by atoms with Crippen LogP contribution in [-0.4, -0.2) is 51.6 Å². The summed E-state index contributed by atoms with van der Waals surface area (Å²) in [6, 6.07) is 5.24. The second-order valence-corrected chi connectivity index (χ2v) is 5.83. The van der Waals surface area contributed by atoms with Crippen molar-refractivity contribution in [2.24, 2.45) is 5.10 Å². The Kier molecular flexibility index (Phi) is 6.02. The highest BCUT2D eigenvalue weighted by Gasteiger charge is 2.23. The number of aromatic nitrogens is 5. The van der Waals surface area contributed by atoms with E-state index in [2.05, 4.69) is 35.8 Å². The van der Waals surface area contributed by atoms with E-state index in [1.165, 1.54) is 18.0 Å². The van der Waals surface area contributed by atoms with Crippen molar-refractivity contribution >= 4 is 17.9 Å². The minimum atomic E-state index is -0.522. The van der Waals surface area contributed by atoms with E-state index in [1.807, 2.05) is 6.92 Å². The summed E-state index contributed by atoms with van der Waals surface area (Å²) in [5.41, 5.74) is 9.49. The average molecular weight is 400 g/mol. The van der Waals surface area contributed by atoms with E-state index < -0.39 is 5.91 Å². The third kappa shape index (κ3) is 4.15. The van der Waals surface area contributed by atoms with Gasteiger partial charge in [0.1, 0.15) is 0 Å². The summed E-state index contributed by atoms with van der Waals surface area (Å²) in [6.07, 6.45) is 2.73. The molecule has 3 rings (SSSR count). The van der Waals surface area contributed by atoms with Crippen LogP contribution in [0, 0.1) is 0 Å². The first-order valence-electron chi connectivity index (χ1n) is 8.67. The molecule has 0 aliphatic carbocycles. The van der Waals surface area contributed by atoms with Gasteiger partial charge in [0.15, 0.2) is 17.2 Å². The van der Waals surface area contributed by atoms with Crippen LogP contribution >= 0.6 is 0 Å². The quantitative estimate of drug-likeness (QED) is 0.415. The maximum Gasteiger partial charge on any atom is 0.293 e. The summed E-state index contributed by atoms with van der Waals surface area (Å²) < 4.78 is 16.4. The number of benzene rings is 1. The summed E-state index contributed by atoms with van der Waals surface area (Å²) in [5, 5.41) is 19.1. The van der Waals surface area contributed by atoms with Gasteiger partial charge in [-0.1, -0.05) is 18.6 Å². The molecule has 29 heavy (non-hydrogen) atoms. The van der Waals surface area contributed by atoms with Crippen LogP contribution in [0.5, 0.6) is 11.5 Å². The van der Waals surface area contributed by atoms with Crippen molar-refractivity contribution < 1.29 is 18.9 Å². The van der Waals surface area contributed by atoms with Crippen molar-refractivity contribution in [2.75, 3.05) is 20.0 Å². The topological polar surface area (TPSA) is 156 Å². The minimum Gasteiger partial charge on any atom is -0.493 e. The van der Waals surface area contributed by atoms with Gasteiger partial charge in [-0.05, 0) is 40.5 Å². The van der Waals surface area contributed by atoms with Gasteiger partial charge in [0.2, 0.25) is 11.6 Å². The van der Waals surface area contributed by atoms with Crippen LogP contribution in [-0.2, 0) is 6.42 Å². The van der Waals surface area contributed by atoms with Crippen molar-refractivity contribution in [3.63, 3.8) is 0 Å². The molecule has 0 radical (unpaired) electrons. The van der Waals surface area contributed by atoms with Crippen LogP contribution < -0.4 is 20.6 Å². The highest BCUT2D eigenvalue weighted by Crippen LogP contribution is 2.26. The maximum absolute atomic E-state index is 12.5. The van der Waals surface area contributed by atoms with Crippen LogP contribution in [0.2, 0.25) is 0 Å². The molecule has 152 valence electrons. The Hall–Kier alpha value is -3.96. The summed E-state index contributed by atoms with van der Waals surface area (Å²) in [6.45, 7) is 1.96. The molecule has 3 aromatic rings. The summed E-state index contributed by atoms with van der Waals surface area (Å²) in [5.74, 6) is 0.844. The molecule has 0 bridgehead atoms. The van der Waals surface area contributed by atoms with Crippen molar-refractivity contribution in [1.29, 1.82) is 0 Å². The van der Waals surface area contributed by atoms with Gasteiger partial charge in [-0.3, -0.25) is 4.79 Å². The molecule has 0 saturated heterocycles. The minimum absolute atomic E-state index is 0.0469. The van der Waals surface area contributed by atoms with E-state index in [0.717, 1.165) is 6.42 Å². The zero-order valence-corrected chi connectivity index (χ0v) is 16.1. The van der Waals surface area contributed by atoms with Crippen LogP contribution in [0.25, 0.3) is 5.82 Å². The Morgan fingerprint density at radius 1 is 1.31 bits per heavy atom. The van der Waals surface area contributed by atoms with Gasteiger partial charge in [0, 0.05) is 0 Å². The average Bonchev–Trinajstić information content (AvgIpc) is 3.33. The predicted molar refractivity (Wildman–Crippen MR) is 102 cm³/mol. The number of rotatable bonds is 8. The molecule has 0 saturated carbocycles. The Bertz CT molecular complexity index is 1030. The lowest BCUT2D eigenvalue weighted by Crippen LogP contribution is -2.20. The first kappa shape index (κ1) is 19.8. The molecule has 3 N–H and O–H groups in total. The Balaban J connectivity index is 1.78. The first-order chi connectivity index (χ1) is 14.1. The number of nitrogens with one attached hydrogen (secondary N) is 1. The number of hydrazone groups is 1. The number of nitrogens with two attached hydrogens (primary N) is 1. The molecular formula is C17H20N8O4. The summed E-state index contributed by atoms with van der Waals surface area (Å²) in [4.78, 5) is 12.5. The molecule has 1 aromatic carbocycles. The molecule has 2 aromatic heterocycles. The highest BCUT2D eigenvalue weighted by molar-refractivity contribution is 5.94. The number of hydrogen-bond donors (Lipinski definition) is 2. The summed E-state index contributed by atoms with van der Waals surface area (Å²) in [7, 11) is 3.09. The number of hydrogen-bond acceptors (Lipinski definition) is 10. The number of carbonyl (C=O) groups excluding carboxylic acids is 1. The Morgan fingerprint density at radius 3 is 2.76 bits per heavy atom. The number of nitrogens with zero attached hydrogens (tertiary/aromatic N) is 6. The van der Waals surface area contributed by atoms with Gasteiger partial charge in [-0.25, -0.2) is 10.1 Å². The zero-order chi connectivity index (χ0) is 20.8. The number of carbonyl (C=O) groups is 1. The van der Waals surface area contributed by atoms with Gasteiger partial charge >= 0.3 is 0 Å². The van der Waals surface area contributed by atoms with Crippen LogP contribution in [0.3, 0.4) is 0 Å². The third-order valence-electron chi connectivity index (χ3n) is 3.95. The molecule has 0 fully saturated rings. The smallest absolute Gasteiger partial charge is 0.293 e. The van der Waals surface area contributed by atoms with Crippen LogP contribution in [0.4, 0.5) is 5.82 Å². The van der Waals surface area contributed by atoms with Gasteiger partial charge in [-0.15, -0.1) is 5.10 Å². The number of amides is 1. The van der Waals surface area contributed by atoms with Gasteiger partial charge < -0.3 is 15.2 Å². The van der Waals surface area contributed by atoms with Crippen LogP contribution in [0.1, 0.15) is 35.1 Å². The molecule has 0 aliphatic heterocycles. The predicted octanol–water partition coefficient (Wildman–Crippen LogP) is 0.966. The number of methoxy groups -OCH3 is 2. The molecule has 0 atom stereocenters. The standard InChI is InChI=1S/C17H20N8O4/c1-4-5-11-14(20-24-25(11)16-15(18)22-29-23-16)17(26)21-19-9-10-6-7-12(27-2)13(8-10)28-3/h6-9H,4-5H2,1-3H3,(H2,18,22)(H,21,26)/b19-9-. The lowest BCUT2D eigenvalue weighted by Gasteiger charge is -2.07. The van der Waals surface area contributed by atoms with Gasteiger partial charge in [0.25, 0.3) is 5.91 Å². The molecule has 1 amide bonds. The van der Waals surface area contributed by atoms with E-state index in [9.17, 15) is 4.79 Å². The molecule has 0 unspecified atom stereocenters.